The van der Waals surface area contributed by atoms with Gasteiger partial charge in [-0.15, -0.1) is 0 Å². The van der Waals surface area contributed by atoms with Crippen LogP contribution >= 0.6 is 0 Å². The highest BCUT2D eigenvalue weighted by atomic mass is 32.2. The van der Waals surface area contributed by atoms with E-state index in [0.717, 1.165) is 11.3 Å². The van der Waals surface area contributed by atoms with Crippen LogP contribution in [0.15, 0.2) is 15.5 Å². The summed E-state index contributed by atoms with van der Waals surface area (Å²) in [4.78, 5) is 6.70. The third kappa shape index (κ3) is 3.55. The van der Waals surface area contributed by atoms with E-state index < -0.39 is 10.0 Å². The lowest BCUT2D eigenvalue weighted by Gasteiger charge is -2.24. The summed E-state index contributed by atoms with van der Waals surface area (Å²) in [6.07, 6.45) is 0.641. The quantitative estimate of drug-likeness (QED) is 0.791. The van der Waals surface area contributed by atoms with Crippen molar-refractivity contribution in [3.05, 3.63) is 34.3 Å². The highest BCUT2D eigenvalue weighted by Crippen LogP contribution is 2.27. The van der Waals surface area contributed by atoms with Crippen LogP contribution in [0.1, 0.15) is 34.7 Å². The number of nitriles is 1. The summed E-state index contributed by atoms with van der Waals surface area (Å²) in [6.45, 7) is 8.83. The first-order valence-electron chi connectivity index (χ1n) is 8.82. The third-order valence-electron chi connectivity index (χ3n) is 4.76. The first-order valence-corrected chi connectivity index (χ1v) is 10.3. The van der Waals surface area contributed by atoms with E-state index in [1.807, 2.05) is 24.8 Å². The van der Waals surface area contributed by atoms with Crippen molar-refractivity contribution in [2.75, 3.05) is 31.1 Å². The van der Waals surface area contributed by atoms with Gasteiger partial charge in [0.15, 0.2) is 5.76 Å². The van der Waals surface area contributed by atoms with Gasteiger partial charge in [-0.3, -0.25) is 0 Å². The Bertz CT molecular complexity index is 987. The largest absolute Gasteiger partial charge is 0.360 e. The summed E-state index contributed by atoms with van der Waals surface area (Å²) in [5, 5.41) is 13.3. The molecule has 0 amide bonds. The molecule has 0 spiro atoms. The molecular formula is C18H23N5O3S. The predicted molar refractivity (Wildman–Crippen MR) is 100.0 cm³/mol. The minimum absolute atomic E-state index is 0.151. The third-order valence-corrected chi connectivity index (χ3v) is 6.90. The molecule has 1 saturated heterocycles. The zero-order valence-electron chi connectivity index (χ0n) is 16.0. The predicted octanol–water partition coefficient (Wildman–Crippen LogP) is 2.08. The maximum Gasteiger partial charge on any atom is 0.248 e. The lowest BCUT2D eigenvalue weighted by atomic mass is 10.1. The van der Waals surface area contributed by atoms with E-state index in [9.17, 15) is 13.7 Å². The van der Waals surface area contributed by atoms with Gasteiger partial charge in [-0.05, 0) is 45.7 Å². The molecule has 0 aromatic carbocycles. The number of aromatic nitrogens is 2. The minimum atomic E-state index is -3.68. The molecule has 0 unspecified atom stereocenters. The Morgan fingerprint density at radius 1 is 1.15 bits per heavy atom. The molecule has 0 radical (unpaired) electrons. The molecule has 3 heterocycles. The Morgan fingerprint density at radius 3 is 2.52 bits per heavy atom. The standard InChI is InChI=1S/C18H23N5O3S/c1-12-10-13(2)20-18(16(12)11-19)22-6-5-7-23(9-8-22)27(24,25)17-14(3)21-26-15(17)4/h10H,5-9H2,1-4H3. The SMILES string of the molecule is Cc1cc(C)c(C#N)c(N2CCCN(S(=O)(=O)c3c(C)noc3C)CC2)n1. The van der Waals surface area contributed by atoms with Gasteiger partial charge in [0.1, 0.15) is 22.5 Å². The van der Waals surface area contributed by atoms with Crippen molar-refractivity contribution in [2.24, 2.45) is 0 Å². The van der Waals surface area contributed by atoms with Gasteiger partial charge in [0.2, 0.25) is 10.0 Å². The maximum atomic E-state index is 13.1. The molecular weight excluding hydrogens is 366 g/mol. The Hall–Kier alpha value is -2.44. The van der Waals surface area contributed by atoms with Gasteiger partial charge in [-0.2, -0.15) is 9.57 Å². The van der Waals surface area contributed by atoms with Crippen molar-refractivity contribution >= 4 is 15.8 Å². The van der Waals surface area contributed by atoms with Crippen LogP contribution in [-0.4, -0.2) is 49.0 Å². The Kier molecular flexibility index (Phi) is 5.22. The average Bonchev–Trinajstić information content (AvgIpc) is 2.81. The Morgan fingerprint density at radius 2 is 1.89 bits per heavy atom. The van der Waals surface area contributed by atoms with E-state index in [0.29, 0.717) is 55.4 Å². The topological polar surface area (TPSA) is 103 Å². The first-order chi connectivity index (χ1) is 12.8. The molecule has 27 heavy (non-hydrogen) atoms. The highest BCUT2D eigenvalue weighted by Gasteiger charge is 2.32. The summed E-state index contributed by atoms with van der Waals surface area (Å²) in [6, 6.07) is 4.11. The summed E-state index contributed by atoms with van der Waals surface area (Å²) in [5.74, 6) is 0.933. The van der Waals surface area contributed by atoms with Crippen LogP contribution in [0.2, 0.25) is 0 Å². The first kappa shape index (κ1) is 19.3. The summed E-state index contributed by atoms with van der Waals surface area (Å²) in [5.41, 5.74) is 2.63. The van der Waals surface area contributed by atoms with Gasteiger partial charge >= 0.3 is 0 Å². The Labute approximate surface area is 159 Å². The van der Waals surface area contributed by atoms with E-state index in [1.54, 1.807) is 13.8 Å². The number of hydrogen-bond donors (Lipinski definition) is 0. The van der Waals surface area contributed by atoms with E-state index >= 15 is 0 Å². The highest BCUT2D eigenvalue weighted by molar-refractivity contribution is 7.89. The van der Waals surface area contributed by atoms with Crippen LogP contribution in [0.5, 0.6) is 0 Å². The monoisotopic (exact) mass is 389 g/mol. The smallest absolute Gasteiger partial charge is 0.248 e. The molecule has 0 bridgehead atoms. The average molecular weight is 389 g/mol. The summed E-state index contributed by atoms with van der Waals surface area (Å²) in [7, 11) is -3.68. The van der Waals surface area contributed by atoms with E-state index in [4.69, 9.17) is 4.52 Å². The second kappa shape index (κ2) is 7.29. The number of anilines is 1. The number of sulfonamides is 1. The molecule has 0 N–H and O–H groups in total. The van der Waals surface area contributed by atoms with Crippen molar-refractivity contribution in [3.63, 3.8) is 0 Å². The zero-order chi connectivity index (χ0) is 19.8. The van der Waals surface area contributed by atoms with Gasteiger partial charge in [0, 0.05) is 31.9 Å². The van der Waals surface area contributed by atoms with Crippen molar-refractivity contribution in [1.82, 2.24) is 14.4 Å². The lowest BCUT2D eigenvalue weighted by Crippen LogP contribution is -2.36. The summed E-state index contributed by atoms with van der Waals surface area (Å²) < 4.78 is 32.6. The van der Waals surface area contributed by atoms with E-state index in [2.05, 4.69) is 16.2 Å². The van der Waals surface area contributed by atoms with Crippen molar-refractivity contribution < 1.29 is 12.9 Å². The molecule has 0 saturated carbocycles. The van der Waals surface area contributed by atoms with Crippen molar-refractivity contribution in [3.8, 4) is 6.07 Å². The molecule has 8 nitrogen and oxygen atoms in total. The second-order valence-electron chi connectivity index (χ2n) is 6.79. The summed E-state index contributed by atoms with van der Waals surface area (Å²) >= 11 is 0. The fraction of sp³-hybridized carbons (Fsp3) is 0.500. The molecule has 1 fully saturated rings. The number of nitrogens with zero attached hydrogens (tertiary/aromatic N) is 5. The van der Waals surface area contributed by atoms with Crippen LogP contribution in [0, 0.1) is 39.0 Å². The maximum absolute atomic E-state index is 13.1. The number of aryl methyl sites for hydroxylation is 4. The molecule has 2 aromatic heterocycles. The van der Waals surface area contributed by atoms with Crippen LogP contribution in [0.4, 0.5) is 5.82 Å². The molecule has 9 heteroatoms. The number of pyridine rings is 1. The molecule has 144 valence electrons. The van der Waals surface area contributed by atoms with Gasteiger partial charge in [-0.25, -0.2) is 13.4 Å². The number of rotatable bonds is 3. The van der Waals surface area contributed by atoms with Crippen LogP contribution in [0.25, 0.3) is 0 Å². The van der Waals surface area contributed by atoms with Crippen molar-refractivity contribution in [2.45, 2.75) is 39.0 Å². The molecule has 1 aliphatic heterocycles. The molecule has 0 aliphatic carbocycles. The van der Waals surface area contributed by atoms with Crippen molar-refractivity contribution in [1.29, 1.82) is 5.26 Å². The molecule has 2 aromatic rings. The molecule has 1 aliphatic rings. The zero-order valence-corrected chi connectivity index (χ0v) is 16.8. The van der Waals surface area contributed by atoms with Crippen LogP contribution in [-0.2, 0) is 10.0 Å². The van der Waals surface area contributed by atoms with Gasteiger partial charge < -0.3 is 9.42 Å². The number of hydrogen-bond acceptors (Lipinski definition) is 7. The van der Waals surface area contributed by atoms with Crippen LogP contribution in [0.3, 0.4) is 0 Å². The normalized spacial score (nSPS) is 16.2. The van der Waals surface area contributed by atoms with Gasteiger partial charge in [0.25, 0.3) is 0 Å². The van der Waals surface area contributed by atoms with Gasteiger partial charge in [0.05, 0.1) is 5.56 Å². The second-order valence-corrected chi connectivity index (χ2v) is 8.66. The fourth-order valence-electron chi connectivity index (χ4n) is 3.50. The van der Waals surface area contributed by atoms with Crippen LogP contribution < -0.4 is 4.90 Å². The molecule has 0 atom stereocenters. The Balaban J connectivity index is 1.88. The minimum Gasteiger partial charge on any atom is -0.360 e. The lowest BCUT2D eigenvalue weighted by molar-refractivity contribution is 0.389. The van der Waals surface area contributed by atoms with Gasteiger partial charge in [-0.1, -0.05) is 5.16 Å². The molecule has 3 rings (SSSR count). The fourth-order valence-corrected chi connectivity index (χ4v) is 5.26. The van der Waals surface area contributed by atoms with E-state index in [1.165, 1.54) is 4.31 Å². The van der Waals surface area contributed by atoms with E-state index in [-0.39, 0.29) is 4.90 Å².